The Morgan fingerprint density at radius 2 is 1.00 bits per heavy atom. The third-order valence-electron chi connectivity index (χ3n) is 9.53. The molecular formula is C44H34O. The molecule has 216 valence electrons. The fourth-order valence-corrected chi connectivity index (χ4v) is 7.08. The number of rotatable bonds is 6. The van der Waals surface area contributed by atoms with Gasteiger partial charge < -0.3 is 4.74 Å². The summed E-state index contributed by atoms with van der Waals surface area (Å²) in [5.74, 6) is 0. The van der Waals surface area contributed by atoms with Gasteiger partial charge in [-0.1, -0.05) is 152 Å². The molecule has 0 saturated carbocycles. The summed E-state index contributed by atoms with van der Waals surface area (Å²) in [6.45, 7) is 4.19. The van der Waals surface area contributed by atoms with Gasteiger partial charge in [0.15, 0.2) is 0 Å². The fourth-order valence-electron chi connectivity index (χ4n) is 7.08. The molecule has 45 heavy (non-hydrogen) atoms. The first-order valence-electron chi connectivity index (χ1n) is 15.6. The van der Waals surface area contributed by atoms with Crippen LogP contribution < -0.4 is 0 Å². The highest BCUT2D eigenvalue weighted by Gasteiger charge is 2.30. The van der Waals surface area contributed by atoms with Crippen LogP contribution in [0.1, 0.15) is 30.5 Å². The molecule has 0 unspecified atom stereocenters. The van der Waals surface area contributed by atoms with Gasteiger partial charge in [-0.2, -0.15) is 0 Å². The van der Waals surface area contributed by atoms with Crippen LogP contribution in [0.3, 0.4) is 0 Å². The minimum atomic E-state index is -0.309. The second kappa shape index (κ2) is 10.7. The normalized spacial score (nSPS) is 12.3. The monoisotopic (exact) mass is 578 g/mol. The smallest absolute Gasteiger partial charge is 0.0871 e. The summed E-state index contributed by atoms with van der Waals surface area (Å²) in [7, 11) is 1.76. The summed E-state index contributed by atoms with van der Waals surface area (Å²) in [5.41, 5.74) is 13.6. The Morgan fingerprint density at radius 3 is 1.58 bits per heavy atom. The average molecular weight is 579 g/mol. The molecule has 0 amide bonds. The topological polar surface area (TPSA) is 9.23 Å². The van der Waals surface area contributed by atoms with Gasteiger partial charge in [0.25, 0.3) is 0 Å². The van der Waals surface area contributed by atoms with E-state index in [0.29, 0.717) is 0 Å². The molecule has 0 spiro atoms. The van der Waals surface area contributed by atoms with Crippen molar-refractivity contribution >= 4 is 33.7 Å². The lowest BCUT2D eigenvalue weighted by molar-refractivity contribution is 0.0192. The largest absolute Gasteiger partial charge is 0.374 e. The lowest BCUT2D eigenvalue weighted by Gasteiger charge is -2.23. The first kappa shape index (κ1) is 27.3. The van der Waals surface area contributed by atoms with E-state index in [1.807, 2.05) is 0 Å². The summed E-state index contributed by atoms with van der Waals surface area (Å²) in [6.07, 6.45) is 4.48. The van der Waals surface area contributed by atoms with Crippen molar-refractivity contribution in [2.24, 2.45) is 0 Å². The third kappa shape index (κ3) is 4.43. The molecule has 0 bridgehead atoms. The second-order valence-corrected chi connectivity index (χ2v) is 12.4. The van der Waals surface area contributed by atoms with E-state index in [2.05, 4.69) is 166 Å². The standard InChI is InChI=1S/C44H34O/c1-44(2,45-3)33-26-22-29(23-27-33)21-24-30-25-28-38-41-34(30)19-12-20-37(41)42-39(31-13-6-4-7-14-31)35-17-10-11-18-36(35)40(43(38)42)32-15-8-5-9-16-32/h4-28H,1-3H3/b24-21+. The summed E-state index contributed by atoms with van der Waals surface area (Å²) in [4.78, 5) is 0. The van der Waals surface area contributed by atoms with E-state index in [0.717, 1.165) is 0 Å². The lowest BCUT2D eigenvalue weighted by atomic mass is 9.82. The van der Waals surface area contributed by atoms with E-state index in [1.54, 1.807) is 7.11 Å². The van der Waals surface area contributed by atoms with Crippen LogP contribution in [0.25, 0.3) is 78.2 Å². The predicted octanol–water partition coefficient (Wildman–Crippen LogP) is 12.0. The molecule has 0 atom stereocenters. The Hall–Kier alpha value is -5.24. The quantitative estimate of drug-likeness (QED) is 0.178. The Balaban J connectivity index is 1.37. The Bertz CT molecular complexity index is 2150. The Morgan fingerprint density at radius 1 is 0.467 bits per heavy atom. The van der Waals surface area contributed by atoms with E-state index in [4.69, 9.17) is 4.74 Å². The van der Waals surface area contributed by atoms with Crippen LogP contribution in [0.5, 0.6) is 0 Å². The average Bonchev–Trinajstić information content (AvgIpc) is 3.42. The summed E-state index contributed by atoms with van der Waals surface area (Å²) in [6, 6.07) is 50.9. The first-order chi connectivity index (χ1) is 22.0. The minimum absolute atomic E-state index is 0.309. The first-order valence-corrected chi connectivity index (χ1v) is 15.6. The summed E-state index contributed by atoms with van der Waals surface area (Å²) in [5, 5.41) is 5.17. The van der Waals surface area contributed by atoms with Gasteiger partial charge in [0, 0.05) is 7.11 Å². The van der Waals surface area contributed by atoms with Crippen LogP contribution in [0.15, 0.2) is 140 Å². The van der Waals surface area contributed by atoms with Crippen LogP contribution in [0.2, 0.25) is 0 Å². The van der Waals surface area contributed by atoms with E-state index < -0.39 is 0 Å². The fraction of sp³-hybridized carbons (Fsp3) is 0.0909. The van der Waals surface area contributed by atoms with Crippen molar-refractivity contribution < 1.29 is 4.74 Å². The number of ether oxygens (including phenoxy) is 1. The molecule has 8 rings (SSSR count). The molecule has 7 aromatic carbocycles. The summed E-state index contributed by atoms with van der Waals surface area (Å²) >= 11 is 0. The van der Waals surface area contributed by atoms with Crippen molar-refractivity contribution in [1.29, 1.82) is 0 Å². The van der Waals surface area contributed by atoms with Crippen molar-refractivity contribution in [1.82, 2.24) is 0 Å². The number of fused-ring (bicyclic) bond motifs is 4. The molecular weight excluding hydrogens is 544 g/mol. The minimum Gasteiger partial charge on any atom is -0.374 e. The Labute approximate surface area is 265 Å². The van der Waals surface area contributed by atoms with Crippen molar-refractivity contribution in [3.05, 3.63) is 156 Å². The van der Waals surface area contributed by atoms with Gasteiger partial charge in [-0.05, 0) is 96.6 Å². The highest BCUT2D eigenvalue weighted by Crippen LogP contribution is 2.57. The number of methoxy groups -OCH3 is 1. The molecule has 0 aromatic heterocycles. The highest BCUT2D eigenvalue weighted by molar-refractivity contribution is 6.28. The zero-order chi connectivity index (χ0) is 30.5. The SMILES string of the molecule is COC(C)(C)c1ccc(/C=C/c2ccc3c4c(cccc24)-c2c-3c(-c3ccccc3)c3ccccc3c2-c2ccccc2)cc1. The van der Waals surface area contributed by atoms with E-state index >= 15 is 0 Å². The molecule has 7 aromatic rings. The number of benzene rings is 7. The molecule has 1 aliphatic rings. The van der Waals surface area contributed by atoms with Crippen molar-refractivity contribution in [3.63, 3.8) is 0 Å². The van der Waals surface area contributed by atoms with Crippen molar-refractivity contribution in [2.75, 3.05) is 7.11 Å². The van der Waals surface area contributed by atoms with E-state index in [1.165, 1.54) is 82.7 Å². The summed E-state index contributed by atoms with van der Waals surface area (Å²) < 4.78 is 5.68. The van der Waals surface area contributed by atoms with E-state index in [-0.39, 0.29) is 5.60 Å². The molecule has 0 heterocycles. The number of hydrogen-bond donors (Lipinski definition) is 0. The van der Waals surface area contributed by atoms with Gasteiger partial charge in [-0.25, -0.2) is 0 Å². The Kier molecular flexibility index (Phi) is 6.52. The van der Waals surface area contributed by atoms with Gasteiger partial charge in [-0.15, -0.1) is 0 Å². The molecule has 0 fully saturated rings. The van der Waals surface area contributed by atoms with Gasteiger partial charge in [0.05, 0.1) is 5.60 Å². The van der Waals surface area contributed by atoms with Crippen molar-refractivity contribution in [3.8, 4) is 44.5 Å². The molecule has 0 aliphatic heterocycles. The van der Waals surface area contributed by atoms with E-state index in [9.17, 15) is 0 Å². The maximum atomic E-state index is 5.68. The molecule has 0 saturated heterocycles. The zero-order valence-corrected chi connectivity index (χ0v) is 25.8. The molecule has 1 heteroatoms. The van der Waals surface area contributed by atoms with Crippen LogP contribution in [0, 0.1) is 0 Å². The maximum absolute atomic E-state index is 5.68. The molecule has 1 nitrogen and oxygen atoms in total. The molecule has 0 radical (unpaired) electrons. The predicted molar refractivity (Wildman–Crippen MR) is 192 cm³/mol. The third-order valence-corrected chi connectivity index (χ3v) is 9.53. The van der Waals surface area contributed by atoms with Gasteiger partial charge in [0.2, 0.25) is 0 Å². The van der Waals surface area contributed by atoms with Gasteiger partial charge in [0.1, 0.15) is 0 Å². The van der Waals surface area contributed by atoms with Crippen LogP contribution in [-0.4, -0.2) is 7.11 Å². The second-order valence-electron chi connectivity index (χ2n) is 12.4. The highest BCUT2D eigenvalue weighted by atomic mass is 16.5. The van der Waals surface area contributed by atoms with Gasteiger partial charge >= 0.3 is 0 Å². The van der Waals surface area contributed by atoms with Crippen LogP contribution in [-0.2, 0) is 10.3 Å². The van der Waals surface area contributed by atoms with Crippen LogP contribution in [0.4, 0.5) is 0 Å². The van der Waals surface area contributed by atoms with Gasteiger partial charge in [-0.3, -0.25) is 0 Å². The molecule has 1 aliphatic carbocycles. The molecule has 0 N–H and O–H groups in total. The van der Waals surface area contributed by atoms with Crippen LogP contribution >= 0.6 is 0 Å². The zero-order valence-electron chi connectivity index (χ0n) is 25.8. The number of hydrogen-bond acceptors (Lipinski definition) is 1. The maximum Gasteiger partial charge on any atom is 0.0871 e. The van der Waals surface area contributed by atoms with Crippen molar-refractivity contribution in [2.45, 2.75) is 19.4 Å². The lowest BCUT2D eigenvalue weighted by Crippen LogP contribution is -2.19.